The highest BCUT2D eigenvalue weighted by Gasteiger charge is 2.18. The summed E-state index contributed by atoms with van der Waals surface area (Å²) in [6.45, 7) is 8.28. The van der Waals surface area contributed by atoms with Gasteiger partial charge in [0.15, 0.2) is 17.5 Å². The number of aromatic amines is 1. The topological polar surface area (TPSA) is 74.7 Å². The maximum absolute atomic E-state index is 11.1. The van der Waals surface area contributed by atoms with Gasteiger partial charge in [-0.1, -0.05) is 65.7 Å². The van der Waals surface area contributed by atoms with E-state index in [4.69, 9.17) is 15.0 Å². The number of aryl methyl sites for hydroxylation is 4. The summed E-state index contributed by atoms with van der Waals surface area (Å²) in [4.78, 5) is 18.0. The molecule has 0 aliphatic rings. The van der Waals surface area contributed by atoms with Gasteiger partial charge in [0.1, 0.15) is 5.75 Å². The van der Waals surface area contributed by atoms with Crippen molar-refractivity contribution in [2.24, 2.45) is 0 Å². The van der Waals surface area contributed by atoms with E-state index in [1.54, 1.807) is 6.07 Å². The smallest absolute Gasteiger partial charge is 0.167 e. The number of fused-ring (bicyclic) bond motifs is 3. The lowest BCUT2D eigenvalue weighted by atomic mass is 10.0. The second kappa shape index (κ2) is 8.31. The van der Waals surface area contributed by atoms with E-state index in [-0.39, 0.29) is 5.75 Å². The van der Waals surface area contributed by atoms with Gasteiger partial charge in [-0.15, -0.1) is 0 Å². The minimum Gasteiger partial charge on any atom is -0.507 e. The SMILES string of the molecule is Cc1ccc(-c2nc(-c3ccc(C)cc3C)nc(-c3cc4c(cc3O)[nH]c3ccccc34)n2)c(C)c1. The molecule has 4 aromatic carbocycles. The van der Waals surface area contributed by atoms with E-state index >= 15 is 0 Å². The fourth-order valence-electron chi connectivity index (χ4n) is 4.93. The highest BCUT2D eigenvalue weighted by atomic mass is 16.3. The van der Waals surface area contributed by atoms with E-state index < -0.39 is 0 Å². The highest BCUT2D eigenvalue weighted by molar-refractivity contribution is 6.09. The van der Waals surface area contributed by atoms with Gasteiger partial charge < -0.3 is 10.1 Å². The quantitative estimate of drug-likeness (QED) is 0.282. The first-order valence-corrected chi connectivity index (χ1v) is 12.0. The van der Waals surface area contributed by atoms with Gasteiger partial charge in [0.05, 0.1) is 11.1 Å². The lowest BCUT2D eigenvalue weighted by molar-refractivity contribution is 0.477. The minimum absolute atomic E-state index is 0.124. The Morgan fingerprint density at radius 3 is 1.69 bits per heavy atom. The Morgan fingerprint density at radius 1 is 0.556 bits per heavy atom. The average Bonchev–Trinajstić information content (AvgIpc) is 3.20. The minimum atomic E-state index is 0.124. The van der Waals surface area contributed by atoms with Crippen molar-refractivity contribution in [3.05, 3.63) is 95.1 Å². The summed E-state index contributed by atoms with van der Waals surface area (Å²) in [6.07, 6.45) is 0. The largest absolute Gasteiger partial charge is 0.507 e. The fraction of sp³-hybridized carbons (Fsp3) is 0.129. The van der Waals surface area contributed by atoms with Crippen LogP contribution in [-0.2, 0) is 0 Å². The number of rotatable bonds is 3. The maximum atomic E-state index is 11.1. The van der Waals surface area contributed by atoms with Crippen LogP contribution in [0.25, 0.3) is 56.0 Å². The first-order valence-electron chi connectivity index (χ1n) is 12.0. The molecule has 0 radical (unpaired) electrons. The number of hydrogen-bond donors (Lipinski definition) is 2. The number of nitrogens with zero attached hydrogens (tertiary/aromatic N) is 3. The van der Waals surface area contributed by atoms with Crippen molar-refractivity contribution in [1.29, 1.82) is 0 Å². The molecular weight excluding hydrogens is 444 g/mol. The fourth-order valence-corrected chi connectivity index (χ4v) is 4.93. The van der Waals surface area contributed by atoms with Crippen LogP contribution >= 0.6 is 0 Å². The Kier molecular flexibility index (Phi) is 5.07. The maximum Gasteiger partial charge on any atom is 0.167 e. The molecule has 0 spiro atoms. The molecule has 2 N–H and O–H groups in total. The van der Waals surface area contributed by atoms with E-state index in [2.05, 4.69) is 75.1 Å². The number of nitrogens with one attached hydrogen (secondary N) is 1. The molecule has 0 aliphatic carbocycles. The number of benzene rings is 4. The third-order valence-corrected chi connectivity index (χ3v) is 6.74. The first kappa shape index (κ1) is 22.0. The number of phenolic OH excluding ortho intramolecular Hbond substituents is 1. The zero-order valence-corrected chi connectivity index (χ0v) is 20.7. The van der Waals surface area contributed by atoms with Crippen LogP contribution in [0.2, 0.25) is 0 Å². The van der Waals surface area contributed by atoms with Crippen LogP contribution < -0.4 is 0 Å². The van der Waals surface area contributed by atoms with Crippen LogP contribution in [-0.4, -0.2) is 25.0 Å². The zero-order valence-electron chi connectivity index (χ0n) is 20.7. The Morgan fingerprint density at radius 2 is 1.11 bits per heavy atom. The molecule has 0 unspecified atom stereocenters. The number of aromatic nitrogens is 4. The molecule has 2 aromatic heterocycles. The molecule has 5 heteroatoms. The standard InChI is InChI=1S/C31H26N4O/c1-17-9-11-21(19(3)13-17)29-33-30(22-12-10-18(2)14-20(22)4)35-31(34-29)25-15-24-23-7-5-6-8-26(23)32-27(24)16-28(25)36/h5-16,32,36H,1-4H3. The number of hydrogen-bond acceptors (Lipinski definition) is 4. The molecule has 6 aromatic rings. The summed E-state index contributed by atoms with van der Waals surface area (Å²) in [5.74, 6) is 1.75. The van der Waals surface area contributed by atoms with E-state index in [9.17, 15) is 5.11 Å². The zero-order chi connectivity index (χ0) is 25.0. The summed E-state index contributed by atoms with van der Waals surface area (Å²) >= 11 is 0. The molecule has 2 heterocycles. The van der Waals surface area contributed by atoms with Crippen molar-refractivity contribution in [3.63, 3.8) is 0 Å². The number of para-hydroxylation sites is 1. The molecule has 0 amide bonds. The van der Waals surface area contributed by atoms with Crippen LogP contribution in [0.4, 0.5) is 0 Å². The normalized spacial score (nSPS) is 11.4. The van der Waals surface area contributed by atoms with E-state index in [0.29, 0.717) is 23.0 Å². The van der Waals surface area contributed by atoms with Gasteiger partial charge in [0.2, 0.25) is 0 Å². The van der Waals surface area contributed by atoms with Gasteiger partial charge in [-0.05, 0) is 51.0 Å². The molecule has 0 saturated heterocycles. The second-order valence-corrected chi connectivity index (χ2v) is 9.53. The lowest BCUT2D eigenvalue weighted by Gasteiger charge is -2.12. The molecule has 36 heavy (non-hydrogen) atoms. The molecule has 5 nitrogen and oxygen atoms in total. The van der Waals surface area contributed by atoms with Gasteiger partial charge in [-0.3, -0.25) is 0 Å². The van der Waals surface area contributed by atoms with Crippen molar-refractivity contribution < 1.29 is 5.11 Å². The monoisotopic (exact) mass is 470 g/mol. The van der Waals surface area contributed by atoms with E-state index in [1.165, 1.54) is 11.1 Å². The Balaban J connectivity index is 1.63. The molecule has 6 rings (SSSR count). The van der Waals surface area contributed by atoms with Crippen LogP contribution in [0.5, 0.6) is 5.75 Å². The number of aromatic hydroxyl groups is 1. The molecule has 0 bridgehead atoms. The first-order chi connectivity index (χ1) is 17.4. The van der Waals surface area contributed by atoms with Crippen LogP contribution in [0.1, 0.15) is 22.3 Å². The van der Waals surface area contributed by atoms with Gasteiger partial charge >= 0.3 is 0 Å². The molecular formula is C31H26N4O. The molecule has 176 valence electrons. The Labute approximate surface area is 209 Å². The van der Waals surface area contributed by atoms with Gasteiger partial charge in [0.25, 0.3) is 0 Å². The lowest BCUT2D eigenvalue weighted by Crippen LogP contribution is -2.02. The summed E-state index contributed by atoms with van der Waals surface area (Å²) in [6, 6.07) is 24.3. The van der Waals surface area contributed by atoms with Gasteiger partial charge in [0, 0.05) is 33.5 Å². The molecule has 0 atom stereocenters. The van der Waals surface area contributed by atoms with E-state index in [0.717, 1.165) is 44.1 Å². The molecule has 0 fully saturated rings. The summed E-state index contributed by atoms with van der Waals surface area (Å²) in [5, 5.41) is 13.2. The van der Waals surface area contributed by atoms with E-state index in [1.807, 2.05) is 24.3 Å². The average molecular weight is 471 g/mol. The number of phenols is 1. The van der Waals surface area contributed by atoms with Crippen molar-refractivity contribution in [2.45, 2.75) is 27.7 Å². The summed E-state index contributed by atoms with van der Waals surface area (Å²) < 4.78 is 0. The Bertz CT molecular complexity index is 1730. The predicted octanol–water partition coefficient (Wildman–Crippen LogP) is 7.45. The predicted molar refractivity (Wildman–Crippen MR) is 146 cm³/mol. The third-order valence-electron chi connectivity index (χ3n) is 6.74. The van der Waals surface area contributed by atoms with Crippen molar-refractivity contribution in [2.75, 3.05) is 0 Å². The van der Waals surface area contributed by atoms with Crippen molar-refractivity contribution in [3.8, 4) is 39.9 Å². The molecule has 0 aliphatic heterocycles. The second-order valence-electron chi connectivity index (χ2n) is 9.53. The van der Waals surface area contributed by atoms with Gasteiger partial charge in [-0.2, -0.15) is 0 Å². The van der Waals surface area contributed by atoms with Crippen molar-refractivity contribution >= 4 is 21.8 Å². The van der Waals surface area contributed by atoms with Crippen molar-refractivity contribution in [1.82, 2.24) is 19.9 Å². The third kappa shape index (κ3) is 3.69. The summed E-state index contributed by atoms with van der Waals surface area (Å²) in [5.41, 5.74) is 8.91. The molecule has 0 saturated carbocycles. The Hall–Kier alpha value is -4.51. The number of H-pyrrole nitrogens is 1. The summed E-state index contributed by atoms with van der Waals surface area (Å²) in [7, 11) is 0. The van der Waals surface area contributed by atoms with Gasteiger partial charge in [-0.25, -0.2) is 15.0 Å². The van der Waals surface area contributed by atoms with Crippen LogP contribution in [0.3, 0.4) is 0 Å². The highest BCUT2D eigenvalue weighted by Crippen LogP contribution is 2.37. The van der Waals surface area contributed by atoms with Crippen LogP contribution in [0, 0.1) is 27.7 Å². The van der Waals surface area contributed by atoms with Crippen LogP contribution in [0.15, 0.2) is 72.8 Å².